The number of hydrogen-bond donors (Lipinski definition) is 1. The SMILES string of the molecule is CCNCC(Cc1cccnc1)c1ccccc1. The molecule has 0 radical (unpaired) electrons. The molecule has 0 spiro atoms. The maximum atomic E-state index is 4.19. The van der Waals surface area contributed by atoms with Gasteiger partial charge in [0.15, 0.2) is 0 Å². The average Bonchev–Trinajstić information content (AvgIpc) is 2.45. The molecule has 1 heterocycles. The molecule has 0 saturated heterocycles. The Bertz CT molecular complexity index is 439. The highest BCUT2D eigenvalue weighted by Crippen LogP contribution is 2.19. The van der Waals surface area contributed by atoms with E-state index >= 15 is 0 Å². The Morgan fingerprint density at radius 1 is 1.11 bits per heavy atom. The molecule has 1 aromatic heterocycles. The Kier molecular flexibility index (Phi) is 4.91. The summed E-state index contributed by atoms with van der Waals surface area (Å²) in [6.07, 6.45) is 4.82. The molecule has 0 aliphatic rings. The smallest absolute Gasteiger partial charge is 0.0300 e. The van der Waals surface area contributed by atoms with E-state index in [9.17, 15) is 0 Å². The Balaban J connectivity index is 2.10. The molecule has 0 bridgehead atoms. The summed E-state index contributed by atoms with van der Waals surface area (Å²) in [7, 11) is 0. The zero-order valence-corrected chi connectivity index (χ0v) is 10.8. The summed E-state index contributed by atoms with van der Waals surface area (Å²) in [5, 5.41) is 3.45. The summed E-state index contributed by atoms with van der Waals surface area (Å²) in [5.41, 5.74) is 2.69. The van der Waals surface area contributed by atoms with E-state index in [0.717, 1.165) is 19.5 Å². The fourth-order valence-electron chi connectivity index (χ4n) is 2.16. The van der Waals surface area contributed by atoms with Crippen LogP contribution in [0, 0.1) is 0 Å². The van der Waals surface area contributed by atoms with Crippen molar-refractivity contribution in [3.05, 3.63) is 66.0 Å². The monoisotopic (exact) mass is 240 g/mol. The lowest BCUT2D eigenvalue weighted by molar-refractivity contribution is 0.594. The predicted octanol–water partition coefficient (Wildman–Crippen LogP) is 3.02. The number of rotatable bonds is 6. The molecule has 2 heteroatoms. The quantitative estimate of drug-likeness (QED) is 0.839. The predicted molar refractivity (Wildman–Crippen MR) is 75.7 cm³/mol. The van der Waals surface area contributed by atoms with Crippen LogP contribution in [0.5, 0.6) is 0 Å². The molecule has 94 valence electrons. The normalized spacial score (nSPS) is 12.3. The van der Waals surface area contributed by atoms with Crippen LogP contribution in [0.3, 0.4) is 0 Å². The van der Waals surface area contributed by atoms with Gasteiger partial charge in [-0.15, -0.1) is 0 Å². The van der Waals surface area contributed by atoms with Gasteiger partial charge in [0.1, 0.15) is 0 Å². The van der Waals surface area contributed by atoms with E-state index in [2.05, 4.69) is 53.6 Å². The van der Waals surface area contributed by atoms with Gasteiger partial charge in [-0.1, -0.05) is 43.3 Å². The first kappa shape index (κ1) is 12.8. The van der Waals surface area contributed by atoms with Gasteiger partial charge in [-0.05, 0) is 30.2 Å². The molecular weight excluding hydrogens is 220 g/mol. The van der Waals surface area contributed by atoms with E-state index in [-0.39, 0.29) is 0 Å². The minimum Gasteiger partial charge on any atom is -0.316 e. The number of likely N-dealkylation sites (N-methyl/N-ethyl adjacent to an activating group) is 1. The van der Waals surface area contributed by atoms with Gasteiger partial charge < -0.3 is 5.32 Å². The number of benzene rings is 1. The molecular formula is C16H20N2. The second kappa shape index (κ2) is 6.92. The van der Waals surface area contributed by atoms with Crippen molar-refractivity contribution in [2.24, 2.45) is 0 Å². The lowest BCUT2D eigenvalue weighted by Gasteiger charge is -2.17. The molecule has 18 heavy (non-hydrogen) atoms. The molecule has 2 rings (SSSR count). The number of hydrogen-bond acceptors (Lipinski definition) is 2. The van der Waals surface area contributed by atoms with Crippen LogP contribution >= 0.6 is 0 Å². The van der Waals surface area contributed by atoms with Crippen LogP contribution in [0.2, 0.25) is 0 Å². The molecule has 1 aromatic carbocycles. The molecule has 0 amide bonds. The molecule has 1 atom stereocenters. The van der Waals surface area contributed by atoms with Crippen molar-refractivity contribution < 1.29 is 0 Å². The van der Waals surface area contributed by atoms with E-state index in [4.69, 9.17) is 0 Å². The second-order valence-corrected chi connectivity index (χ2v) is 4.48. The highest BCUT2D eigenvalue weighted by Gasteiger charge is 2.11. The lowest BCUT2D eigenvalue weighted by atomic mass is 9.92. The number of nitrogens with one attached hydrogen (secondary N) is 1. The van der Waals surface area contributed by atoms with Crippen molar-refractivity contribution in [1.82, 2.24) is 10.3 Å². The van der Waals surface area contributed by atoms with Crippen LogP contribution in [-0.2, 0) is 6.42 Å². The number of nitrogens with zero attached hydrogens (tertiary/aromatic N) is 1. The van der Waals surface area contributed by atoms with Crippen LogP contribution in [0.4, 0.5) is 0 Å². The van der Waals surface area contributed by atoms with Crippen molar-refractivity contribution in [2.75, 3.05) is 13.1 Å². The van der Waals surface area contributed by atoms with Gasteiger partial charge in [0.05, 0.1) is 0 Å². The largest absolute Gasteiger partial charge is 0.316 e. The summed E-state index contributed by atoms with van der Waals surface area (Å²) in [5.74, 6) is 0.510. The van der Waals surface area contributed by atoms with E-state index in [1.165, 1.54) is 11.1 Å². The third-order valence-corrected chi connectivity index (χ3v) is 3.12. The number of pyridine rings is 1. The fourth-order valence-corrected chi connectivity index (χ4v) is 2.16. The van der Waals surface area contributed by atoms with Gasteiger partial charge in [-0.3, -0.25) is 4.98 Å². The van der Waals surface area contributed by atoms with E-state index in [1.54, 1.807) is 0 Å². The molecule has 0 aliphatic carbocycles. The first-order valence-electron chi connectivity index (χ1n) is 6.54. The highest BCUT2D eigenvalue weighted by molar-refractivity contribution is 5.23. The molecule has 2 aromatic rings. The van der Waals surface area contributed by atoms with Crippen LogP contribution in [0.25, 0.3) is 0 Å². The van der Waals surface area contributed by atoms with Crippen molar-refractivity contribution in [2.45, 2.75) is 19.3 Å². The van der Waals surface area contributed by atoms with Crippen molar-refractivity contribution in [3.8, 4) is 0 Å². The molecule has 0 aliphatic heterocycles. The Hall–Kier alpha value is -1.67. The summed E-state index contributed by atoms with van der Waals surface area (Å²) < 4.78 is 0. The molecule has 1 N–H and O–H groups in total. The molecule has 0 saturated carbocycles. The Labute approximate surface area is 109 Å². The van der Waals surface area contributed by atoms with Gasteiger partial charge >= 0.3 is 0 Å². The van der Waals surface area contributed by atoms with Gasteiger partial charge in [0.25, 0.3) is 0 Å². The van der Waals surface area contributed by atoms with Crippen LogP contribution in [-0.4, -0.2) is 18.1 Å². The van der Waals surface area contributed by atoms with Gasteiger partial charge in [0.2, 0.25) is 0 Å². The van der Waals surface area contributed by atoms with Crippen LogP contribution in [0.15, 0.2) is 54.9 Å². The fraction of sp³-hybridized carbons (Fsp3) is 0.312. The third kappa shape index (κ3) is 3.67. The Morgan fingerprint density at radius 2 is 1.94 bits per heavy atom. The van der Waals surface area contributed by atoms with Crippen molar-refractivity contribution >= 4 is 0 Å². The summed E-state index contributed by atoms with van der Waals surface area (Å²) in [4.78, 5) is 4.19. The molecule has 2 nitrogen and oxygen atoms in total. The van der Waals surface area contributed by atoms with Gasteiger partial charge in [0, 0.05) is 24.9 Å². The summed E-state index contributed by atoms with van der Waals surface area (Å²) >= 11 is 0. The first-order chi connectivity index (χ1) is 8.90. The Morgan fingerprint density at radius 3 is 2.61 bits per heavy atom. The molecule has 0 fully saturated rings. The summed E-state index contributed by atoms with van der Waals surface area (Å²) in [6, 6.07) is 14.9. The maximum absolute atomic E-state index is 4.19. The van der Waals surface area contributed by atoms with Gasteiger partial charge in [-0.25, -0.2) is 0 Å². The number of aromatic nitrogens is 1. The standard InChI is InChI=1S/C16H20N2/c1-2-17-13-16(15-8-4-3-5-9-15)11-14-7-6-10-18-12-14/h3-10,12,16-17H,2,11,13H2,1H3. The third-order valence-electron chi connectivity index (χ3n) is 3.12. The summed E-state index contributed by atoms with van der Waals surface area (Å²) in [6.45, 7) is 4.16. The van der Waals surface area contributed by atoms with Crippen LogP contribution in [0.1, 0.15) is 24.0 Å². The topological polar surface area (TPSA) is 24.9 Å². The first-order valence-corrected chi connectivity index (χ1v) is 6.54. The minimum atomic E-state index is 0.510. The highest BCUT2D eigenvalue weighted by atomic mass is 14.8. The van der Waals surface area contributed by atoms with Crippen LogP contribution < -0.4 is 5.32 Å². The maximum Gasteiger partial charge on any atom is 0.0300 e. The lowest BCUT2D eigenvalue weighted by Crippen LogP contribution is -2.22. The van der Waals surface area contributed by atoms with Crippen molar-refractivity contribution in [3.63, 3.8) is 0 Å². The average molecular weight is 240 g/mol. The van der Waals surface area contributed by atoms with E-state index in [1.807, 2.05) is 18.5 Å². The second-order valence-electron chi connectivity index (χ2n) is 4.48. The zero-order chi connectivity index (χ0) is 12.6. The van der Waals surface area contributed by atoms with Gasteiger partial charge in [-0.2, -0.15) is 0 Å². The minimum absolute atomic E-state index is 0.510. The van der Waals surface area contributed by atoms with Crippen molar-refractivity contribution in [1.29, 1.82) is 0 Å². The van der Waals surface area contributed by atoms with E-state index < -0.39 is 0 Å². The zero-order valence-electron chi connectivity index (χ0n) is 10.8. The van der Waals surface area contributed by atoms with E-state index in [0.29, 0.717) is 5.92 Å². The molecule has 1 unspecified atom stereocenters.